The number of benzene rings is 1. The van der Waals surface area contributed by atoms with E-state index in [0.29, 0.717) is 12.1 Å². The number of carbonyl (C=O) groups is 1. The molecule has 2 heterocycles. The van der Waals surface area contributed by atoms with Crippen molar-refractivity contribution in [1.82, 2.24) is 9.97 Å². The Balaban J connectivity index is 2.10. The minimum Gasteiger partial charge on any atom is -0.493 e. The minimum atomic E-state index is -4.65. The van der Waals surface area contributed by atoms with Gasteiger partial charge in [-0.3, -0.25) is 0 Å². The molecule has 1 aromatic carbocycles. The normalized spacial score (nSPS) is 11.7. The number of aromatic hydroxyl groups is 1. The van der Waals surface area contributed by atoms with Crippen molar-refractivity contribution in [2.24, 2.45) is 0 Å². The summed E-state index contributed by atoms with van der Waals surface area (Å²) in [6.45, 7) is 0. The second-order valence-corrected chi connectivity index (χ2v) is 4.79. The molecule has 9 heteroatoms. The fourth-order valence-corrected chi connectivity index (χ4v) is 2.07. The zero-order valence-electron chi connectivity index (χ0n) is 12.1. The van der Waals surface area contributed by atoms with Crippen molar-refractivity contribution in [1.29, 1.82) is 0 Å². The molecule has 0 saturated carbocycles. The van der Waals surface area contributed by atoms with Gasteiger partial charge >= 0.3 is 12.1 Å². The predicted molar refractivity (Wildman–Crippen MR) is 75.2 cm³/mol. The standard InChI is InChI=1S/C15H9F3N2O4/c1-23-14(22)7-2-3-11-9(4-7)20-13(24-11)10-5-8(15(16,17)18)6-12(21)19-10/h2-6H,1H3,(H,19,21). The summed E-state index contributed by atoms with van der Waals surface area (Å²) in [5.74, 6) is -1.61. The fraction of sp³-hybridized carbons (Fsp3) is 0.133. The summed E-state index contributed by atoms with van der Waals surface area (Å²) < 4.78 is 48.3. The van der Waals surface area contributed by atoms with E-state index < -0.39 is 23.6 Å². The summed E-state index contributed by atoms with van der Waals surface area (Å²) in [5, 5.41) is 9.40. The summed E-state index contributed by atoms with van der Waals surface area (Å²) >= 11 is 0. The van der Waals surface area contributed by atoms with Gasteiger partial charge in [-0.25, -0.2) is 14.8 Å². The maximum Gasteiger partial charge on any atom is 0.416 e. The van der Waals surface area contributed by atoms with Gasteiger partial charge in [0.15, 0.2) is 5.58 Å². The van der Waals surface area contributed by atoms with Crippen molar-refractivity contribution < 1.29 is 32.2 Å². The molecule has 0 unspecified atom stereocenters. The third kappa shape index (κ3) is 2.87. The molecule has 0 fully saturated rings. The molecule has 1 N–H and O–H groups in total. The molecule has 0 saturated heterocycles. The topological polar surface area (TPSA) is 85.5 Å². The third-order valence-corrected chi connectivity index (χ3v) is 3.17. The molecule has 6 nitrogen and oxygen atoms in total. The number of hydrogen-bond acceptors (Lipinski definition) is 6. The van der Waals surface area contributed by atoms with Crippen molar-refractivity contribution in [2.75, 3.05) is 7.11 Å². The van der Waals surface area contributed by atoms with Crippen molar-refractivity contribution in [3.05, 3.63) is 41.5 Å². The number of carbonyl (C=O) groups excluding carboxylic acids is 1. The molecule has 0 bridgehead atoms. The number of ether oxygens (including phenoxy) is 1. The second-order valence-electron chi connectivity index (χ2n) is 4.79. The van der Waals surface area contributed by atoms with Gasteiger partial charge in [0.25, 0.3) is 0 Å². The van der Waals surface area contributed by atoms with Crippen molar-refractivity contribution in [2.45, 2.75) is 6.18 Å². The van der Waals surface area contributed by atoms with E-state index in [0.717, 1.165) is 0 Å². The minimum absolute atomic E-state index is 0.213. The van der Waals surface area contributed by atoms with Gasteiger partial charge < -0.3 is 14.3 Å². The summed E-state index contributed by atoms with van der Waals surface area (Å²) in [6, 6.07) is 5.46. The van der Waals surface area contributed by atoms with Crippen LogP contribution >= 0.6 is 0 Å². The van der Waals surface area contributed by atoms with Crippen LogP contribution in [0.15, 0.2) is 34.7 Å². The highest BCUT2D eigenvalue weighted by Gasteiger charge is 2.32. The summed E-state index contributed by atoms with van der Waals surface area (Å²) in [5.41, 5.74) is -0.659. The lowest BCUT2D eigenvalue weighted by atomic mass is 10.2. The molecule has 124 valence electrons. The van der Waals surface area contributed by atoms with Crippen LogP contribution in [-0.2, 0) is 10.9 Å². The number of esters is 1. The number of alkyl halides is 3. The predicted octanol–water partition coefficient (Wildman–Crippen LogP) is 3.40. The number of halogens is 3. The lowest BCUT2D eigenvalue weighted by Gasteiger charge is -2.07. The Labute approximate surface area is 132 Å². The third-order valence-electron chi connectivity index (χ3n) is 3.17. The smallest absolute Gasteiger partial charge is 0.416 e. The molecule has 3 aromatic rings. The Hall–Kier alpha value is -3.10. The Bertz CT molecular complexity index is 934. The highest BCUT2D eigenvalue weighted by molar-refractivity contribution is 5.93. The first-order chi connectivity index (χ1) is 11.3. The van der Waals surface area contributed by atoms with Gasteiger partial charge in [-0.05, 0) is 24.3 Å². The molecule has 24 heavy (non-hydrogen) atoms. The average molecular weight is 338 g/mol. The molecular formula is C15H9F3N2O4. The molecule has 0 aliphatic carbocycles. The Morgan fingerprint density at radius 1 is 1.21 bits per heavy atom. The molecule has 2 aromatic heterocycles. The van der Waals surface area contributed by atoms with E-state index in [9.17, 15) is 23.1 Å². The molecule has 3 rings (SSSR count). The van der Waals surface area contributed by atoms with Crippen LogP contribution in [0.2, 0.25) is 0 Å². The van der Waals surface area contributed by atoms with Gasteiger partial charge in [-0.15, -0.1) is 0 Å². The maximum atomic E-state index is 12.8. The van der Waals surface area contributed by atoms with Crippen LogP contribution in [0.25, 0.3) is 22.7 Å². The number of methoxy groups -OCH3 is 1. The fourth-order valence-electron chi connectivity index (χ4n) is 2.07. The van der Waals surface area contributed by atoms with Gasteiger partial charge in [0.1, 0.15) is 11.2 Å². The highest BCUT2D eigenvalue weighted by atomic mass is 19.4. The van der Waals surface area contributed by atoms with E-state index in [2.05, 4.69) is 14.7 Å². The first kappa shape index (κ1) is 15.8. The number of pyridine rings is 1. The summed E-state index contributed by atoms with van der Waals surface area (Å²) in [4.78, 5) is 19.1. The molecular weight excluding hydrogens is 329 g/mol. The maximum absolute atomic E-state index is 12.8. The number of aromatic nitrogens is 2. The van der Waals surface area contributed by atoms with Crippen molar-refractivity contribution >= 4 is 17.1 Å². The molecule has 0 atom stereocenters. The average Bonchev–Trinajstić information content (AvgIpc) is 2.95. The molecule has 0 amide bonds. The number of fused-ring (bicyclic) bond motifs is 1. The zero-order chi connectivity index (χ0) is 17.5. The zero-order valence-corrected chi connectivity index (χ0v) is 12.1. The van der Waals surface area contributed by atoms with E-state index in [1.807, 2.05) is 0 Å². The molecule has 0 aliphatic heterocycles. The number of nitrogens with zero attached hydrogens (tertiary/aromatic N) is 2. The van der Waals surface area contributed by atoms with Gasteiger partial charge in [0, 0.05) is 6.07 Å². The van der Waals surface area contributed by atoms with E-state index in [4.69, 9.17) is 4.42 Å². The van der Waals surface area contributed by atoms with Crippen LogP contribution in [-0.4, -0.2) is 28.2 Å². The number of hydrogen-bond donors (Lipinski definition) is 1. The molecule has 0 aliphatic rings. The van der Waals surface area contributed by atoms with Crippen molar-refractivity contribution in [3.63, 3.8) is 0 Å². The Morgan fingerprint density at radius 2 is 1.96 bits per heavy atom. The van der Waals surface area contributed by atoms with E-state index in [1.54, 1.807) is 0 Å². The van der Waals surface area contributed by atoms with Crippen LogP contribution in [0.4, 0.5) is 13.2 Å². The van der Waals surface area contributed by atoms with Crippen molar-refractivity contribution in [3.8, 4) is 17.5 Å². The van der Waals surface area contributed by atoms with Crippen LogP contribution in [0.5, 0.6) is 5.88 Å². The summed E-state index contributed by atoms with van der Waals surface area (Å²) in [6.07, 6.45) is -4.65. The Morgan fingerprint density at radius 3 is 2.62 bits per heavy atom. The quantitative estimate of drug-likeness (QED) is 0.721. The first-order valence-corrected chi connectivity index (χ1v) is 6.55. The number of rotatable bonds is 2. The van der Waals surface area contributed by atoms with E-state index in [1.165, 1.54) is 25.3 Å². The molecule has 0 spiro atoms. The lowest BCUT2D eigenvalue weighted by molar-refractivity contribution is -0.137. The molecule has 0 radical (unpaired) electrons. The second kappa shape index (κ2) is 5.52. The van der Waals surface area contributed by atoms with Crippen LogP contribution in [0.3, 0.4) is 0 Å². The van der Waals surface area contributed by atoms with Gasteiger partial charge in [0.2, 0.25) is 11.8 Å². The van der Waals surface area contributed by atoms with E-state index >= 15 is 0 Å². The van der Waals surface area contributed by atoms with E-state index in [-0.39, 0.29) is 28.2 Å². The monoisotopic (exact) mass is 338 g/mol. The highest BCUT2D eigenvalue weighted by Crippen LogP contribution is 2.34. The van der Waals surface area contributed by atoms with Gasteiger partial charge in [-0.2, -0.15) is 13.2 Å². The number of oxazole rings is 1. The van der Waals surface area contributed by atoms with Crippen LogP contribution in [0, 0.1) is 0 Å². The first-order valence-electron chi connectivity index (χ1n) is 6.55. The van der Waals surface area contributed by atoms with Crippen LogP contribution in [0.1, 0.15) is 15.9 Å². The van der Waals surface area contributed by atoms with Crippen LogP contribution < -0.4 is 0 Å². The Kier molecular flexibility index (Phi) is 3.63. The SMILES string of the molecule is COC(=O)c1ccc2oc(-c3cc(C(F)(F)F)cc(O)n3)nc2c1. The van der Waals surface area contributed by atoms with Gasteiger partial charge in [0.05, 0.1) is 18.2 Å². The lowest BCUT2D eigenvalue weighted by Crippen LogP contribution is -2.05. The van der Waals surface area contributed by atoms with Gasteiger partial charge in [-0.1, -0.05) is 0 Å². The largest absolute Gasteiger partial charge is 0.493 e. The summed E-state index contributed by atoms with van der Waals surface area (Å²) in [7, 11) is 1.22.